The second-order valence-electron chi connectivity index (χ2n) is 3.68. The average Bonchev–Trinajstić information content (AvgIpc) is 2.26. The van der Waals surface area contributed by atoms with Crippen molar-refractivity contribution in [2.75, 3.05) is 7.05 Å². The van der Waals surface area contributed by atoms with Crippen molar-refractivity contribution in [3.63, 3.8) is 0 Å². The maximum atomic E-state index is 12.0. The Bertz CT molecular complexity index is 351. The largest absolute Gasteiger partial charge is 0.339 e. The van der Waals surface area contributed by atoms with Crippen LogP contribution in [0, 0.1) is 0 Å². The molecule has 0 fully saturated rings. The molecule has 0 heterocycles. The van der Waals surface area contributed by atoms with Crippen LogP contribution in [0.5, 0.6) is 0 Å². The normalized spacial score (nSPS) is 12.3. The number of carbonyl (C=O) groups is 1. The molecule has 0 saturated heterocycles. The zero-order chi connectivity index (χ0) is 11.4. The molecule has 0 radical (unpaired) electrons. The van der Waals surface area contributed by atoms with Crippen LogP contribution >= 0.6 is 15.9 Å². The molecule has 0 saturated carbocycles. The average molecular weight is 270 g/mol. The second kappa shape index (κ2) is 5.31. The second-order valence-corrected chi connectivity index (χ2v) is 4.60. The molecule has 3 heteroatoms. The molecule has 1 aromatic carbocycles. The quantitative estimate of drug-likeness (QED) is 0.825. The van der Waals surface area contributed by atoms with Crippen molar-refractivity contribution >= 4 is 21.8 Å². The van der Waals surface area contributed by atoms with Crippen molar-refractivity contribution in [3.8, 4) is 0 Å². The molecule has 82 valence electrons. The molecular formula is C12H16BrNO. The lowest BCUT2D eigenvalue weighted by atomic mass is 10.1. The van der Waals surface area contributed by atoms with Crippen LogP contribution in [0.25, 0.3) is 0 Å². The van der Waals surface area contributed by atoms with Crippen LogP contribution in [0.3, 0.4) is 0 Å². The van der Waals surface area contributed by atoms with Crippen molar-refractivity contribution in [3.05, 3.63) is 34.3 Å². The Balaban J connectivity index is 2.85. The third-order valence-corrected chi connectivity index (χ3v) is 3.14. The molecule has 1 unspecified atom stereocenters. The van der Waals surface area contributed by atoms with Crippen molar-refractivity contribution in [2.24, 2.45) is 0 Å². The third kappa shape index (κ3) is 3.06. The topological polar surface area (TPSA) is 20.3 Å². The van der Waals surface area contributed by atoms with E-state index in [1.165, 1.54) is 0 Å². The van der Waals surface area contributed by atoms with E-state index < -0.39 is 0 Å². The fraction of sp³-hybridized carbons (Fsp3) is 0.417. The summed E-state index contributed by atoms with van der Waals surface area (Å²) in [7, 11) is 1.84. The maximum absolute atomic E-state index is 12.0. The van der Waals surface area contributed by atoms with Gasteiger partial charge in [0.05, 0.1) is 0 Å². The first-order valence-electron chi connectivity index (χ1n) is 5.09. The van der Waals surface area contributed by atoms with Gasteiger partial charge in [-0.15, -0.1) is 0 Å². The summed E-state index contributed by atoms with van der Waals surface area (Å²) >= 11 is 3.36. The van der Waals surface area contributed by atoms with E-state index in [1.54, 1.807) is 4.90 Å². The lowest BCUT2D eigenvalue weighted by Gasteiger charge is -2.23. The predicted molar refractivity (Wildman–Crippen MR) is 66.0 cm³/mol. The first-order chi connectivity index (χ1) is 7.06. The molecule has 0 aliphatic rings. The minimum atomic E-state index is 0.0747. The number of hydrogen-bond donors (Lipinski definition) is 0. The summed E-state index contributed by atoms with van der Waals surface area (Å²) in [6.45, 7) is 4.13. The van der Waals surface area contributed by atoms with Gasteiger partial charge in [0.1, 0.15) is 0 Å². The van der Waals surface area contributed by atoms with Crippen molar-refractivity contribution < 1.29 is 4.79 Å². The van der Waals surface area contributed by atoms with Crippen LogP contribution in [0.4, 0.5) is 0 Å². The predicted octanol–water partition coefficient (Wildman–Crippen LogP) is 3.32. The van der Waals surface area contributed by atoms with Crippen molar-refractivity contribution in [1.29, 1.82) is 0 Å². The fourth-order valence-electron chi connectivity index (χ4n) is 1.30. The number of hydrogen-bond acceptors (Lipinski definition) is 1. The highest BCUT2D eigenvalue weighted by molar-refractivity contribution is 9.10. The standard InChI is InChI=1S/C12H16BrNO/c1-4-9(2)14(3)12(15)10-6-5-7-11(13)8-10/h5-9H,4H2,1-3H3. The minimum absolute atomic E-state index is 0.0747. The first-order valence-corrected chi connectivity index (χ1v) is 5.88. The lowest BCUT2D eigenvalue weighted by Crippen LogP contribution is -2.34. The third-order valence-electron chi connectivity index (χ3n) is 2.64. The maximum Gasteiger partial charge on any atom is 0.253 e. The molecular weight excluding hydrogens is 254 g/mol. The summed E-state index contributed by atoms with van der Waals surface area (Å²) < 4.78 is 0.936. The molecule has 15 heavy (non-hydrogen) atoms. The number of rotatable bonds is 3. The van der Waals surface area contributed by atoms with E-state index in [0.29, 0.717) is 0 Å². The number of benzene rings is 1. The summed E-state index contributed by atoms with van der Waals surface area (Å²) in [6, 6.07) is 7.76. The molecule has 1 aromatic rings. The van der Waals surface area contributed by atoms with E-state index in [1.807, 2.05) is 31.3 Å². The van der Waals surface area contributed by atoms with Crippen LogP contribution < -0.4 is 0 Å². The number of halogens is 1. The molecule has 1 rings (SSSR count). The number of carbonyl (C=O) groups excluding carboxylic acids is 1. The summed E-state index contributed by atoms with van der Waals surface area (Å²) in [5, 5.41) is 0. The van der Waals surface area contributed by atoms with Gasteiger partial charge < -0.3 is 4.90 Å². The van der Waals surface area contributed by atoms with E-state index in [0.717, 1.165) is 16.5 Å². The molecule has 1 atom stereocenters. The van der Waals surface area contributed by atoms with E-state index in [9.17, 15) is 4.79 Å². The van der Waals surface area contributed by atoms with Gasteiger partial charge in [-0.2, -0.15) is 0 Å². The Morgan fingerprint density at radius 2 is 2.20 bits per heavy atom. The monoisotopic (exact) mass is 269 g/mol. The van der Waals surface area contributed by atoms with Crippen LogP contribution in [0.1, 0.15) is 30.6 Å². The molecule has 1 amide bonds. The lowest BCUT2D eigenvalue weighted by molar-refractivity contribution is 0.0740. The van der Waals surface area contributed by atoms with Gasteiger partial charge in [0.25, 0.3) is 5.91 Å². The molecule has 0 spiro atoms. The van der Waals surface area contributed by atoms with Crippen LogP contribution in [-0.2, 0) is 0 Å². The Labute approximate surface area is 99.4 Å². The van der Waals surface area contributed by atoms with Gasteiger partial charge in [0.15, 0.2) is 0 Å². The molecule has 0 bridgehead atoms. The van der Waals surface area contributed by atoms with Gasteiger partial charge in [0.2, 0.25) is 0 Å². The number of nitrogens with zero attached hydrogens (tertiary/aromatic N) is 1. The van der Waals surface area contributed by atoms with E-state index in [4.69, 9.17) is 0 Å². The highest BCUT2D eigenvalue weighted by Crippen LogP contribution is 2.14. The van der Waals surface area contributed by atoms with Gasteiger partial charge in [-0.25, -0.2) is 0 Å². The molecule has 0 aliphatic heterocycles. The van der Waals surface area contributed by atoms with Crippen molar-refractivity contribution in [2.45, 2.75) is 26.3 Å². The van der Waals surface area contributed by atoms with Crippen molar-refractivity contribution in [1.82, 2.24) is 4.90 Å². The highest BCUT2D eigenvalue weighted by Gasteiger charge is 2.15. The summed E-state index contributed by atoms with van der Waals surface area (Å²) in [5.74, 6) is 0.0747. The van der Waals surface area contributed by atoms with Crippen LogP contribution in [0.15, 0.2) is 28.7 Å². The highest BCUT2D eigenvalue weighted by atomic mass is 79.9. The fourth-order valence-corrected chi connectivity index (χ4v) is 1.70. The van der Waals surface area contributed by atoms with Gasteiger partial charge in [-0.05, 0) is 31.5 Å². The smallest absolute Gasteiger partial charge is 0.253 e. The molecule has 2 nitrogen and oxygen atoms in total. The van der Waals surface area contributed by atoms with E-state index in [-0.39, 0.29) is 11.9 Å². The SMILES string of the molecule is CCC(C)N(C)C(=O)c1cccc(Br)c1. The molecule has 0 aromatic heterocycles. The Morgan fingerprint density at radius 1 is 1.53 bits per heavy atom. The van der Waals surface area contributed by atoms with E-state index in [2.05, 4.69) is 29.8 Å². The number of amides is 1. The van der Waals surface area contributed by atoms with Gasteiger partial charge in [-0.1, -0.05) is 28.9 Å². The minimum Gasteiger partial charge on any atom is -0.339 e. The zero-order valence-electron chi connectivity index (χ0n) is 9.33. The van der Waals surface area contributed by atoms with Gasteiger partial charge in [-0.3, -0.25) is 4.79 Å². The molecule has 0 N–H and O–H groups in total. The molecule has 0 aliphatic carbocycles. The van der Waals surface area contributed by atoms with Crippen LogP contribution in [0.2, 0.25) is 0 Å². The Hall–Kier alpha value is -0.830. The first kappa shape index (κ1) is 12.2. The van der Waals surface area contributed by atoms with Gasteiger partial charge in [0, 0.05) is 23.1 Å². The zero-order valence-corrected chi connectivity index (χ0v) is 10.9. The Kier molecular flexibility index (Phi) is 4.33. The van der Waals surface area contributed by atoms with Gasteiger partial charge >= 0.3 is 0 Å². The van der Waals surface area contributed by atoms with Crippen LogP contribution in [-0.4, -0.2) is 23.9 Å². The summed E-state index contributed by atoms with van der Waals surface area (Å²) in [4.78, 5) is 13.8. The summed E-state index contributed by atoms with van der Waals surface area (Å²) in [6.07, 6.45) is 0.968. The Morgan fingerprint density at radius 3 is 2.73 bits per heavy atom. The summed E-state index contributed by atoms with van der Waals surface area (Å²) in [5.41, 5.74) is 0.729. The van der Waals surface area contributed by atoms with E-state index >= 15 is 0 Å².